The number of nitrogens with two attached hydrogens (primary N) is 1. The molecule has 2 rings (SSSR count). The number of anilines is 1. The summed E-state index contributed by atoms with van der Waals surface area (Å²) >= 11 is 5.55. The van der Waals surface area contributed by atoms with E-state index in [1.807, 2.05) is 0 Å². The fraction of sp³-hybridized carbons (Fsp3) is 0.467. The zero-order valence-corrected chi connectivity index (χ0v) is 14.8. The van der Waals surface area contributed by atoms with E-state index >= 15 is 0 Å². The molecule has 0 amide bonds. The molecule has 11 heteroatoms. The van der Waals surface area contributed by atoms with Crippen molar-refractivity contribution in [3.63, 3.8) is 0 Å². The lowest BCUT2D eigenvalue weighted by molar-refractivity contribution is -0.152. The molecule has 0 aromatic carbocycles. The maximum atomic E-state index is 12.2. The number of nitrogens with zero attached hydrogens (tertiary/aromatic N) is 2. The van der Waals surface area contributed by atoms with Gasteiger partial charge in [0.1, 0.15) is 18.5 Å². The lowest BCUT2D eigenvalue weighted by Gasteiger charge is -2.21. The van der Waals surface area contributed by atoms with Gasteiger partial charge in [-0.2, -0.15) is 4.98 Å². The Kier molecular flexibility index (Phi) is 6.58. The zero-order valence-electron chi connectivity index (χ0n) is 14.1. The lowest BCUT2D eigenvalue weighted by atomic mass is 10.2. The molecule has 2 heterocycles. The van der Waals surface area contributed by atoms with Crippen molar-refractivity contribution in [3.05, 3.63) is 27.8 Å². The Morgan fingerprint density at radius 1 is 1.54 bits per heavy atom. The van der Waals surface area contributed by atoms with Crippen molar-refractivity contribution < 1.29 is 28.5 Å². The Labute approximate surface area is 153 Å². The summed E-state index contributed by atoms with van der Waals surface area (Å²) in [4.78, 5) is 38.4. The molecule has 1 aromatic rings. The summed E-state index contributed by atoms with van der Waals surface area (Å²) in [5.74, 6) is -0.550. The van der Waals surface area contributed by atoms with Gasteiger partial charge in [-0.1, -0.05) is 11.6 Å². The number of rotatable bonds is 5. The van der Waals surface area contributed by atoms with Crippen LogP contribution in [0.4, 0.5) is 10.6 Å². The number of ether oxygens (including phenoxy) is 4. The highest BCUT2D eigenvalue weighted by atomic mass is 35.5. The van der Waals surface area contributed by atoms with Crippen LogP contribution in [0.15, 0.2) is 16.5 Å². The van der Waals surface area contributed by atoms with Crippen molar-refractivity contribution in [1.82, 2.24) is 9.55 Å². The lowest BCUT2D eigenvalue weighted by Crippen LogP contribution is -2.34. The number of carbonyl (C=O) groups is 2. The van der Waals surface area contributed by atoms with Crippen molar-refractivity contribution in [2.24, 2.45) is 0 Å². The molecule has 1 aliphatic rings. The SMILES string of the molecule is COC(=O)OC[C@@H]1C[C@@H](OC(C)=O)[C@H](n2cc(C=CCl)c(N)nc2=O)O1. The first-order valence-electron chi connectivity index (χ1n) is 7.54. The monoisotopic (exact) mass is 387 g/mol. The average Bonchev–Trinajstić information content (AvgIpc) is 2.97. The van der Waals surface area contributed by atoms with Crippen LogP contribution in [0.2, 0.25) is 0 Å². The molecular formula is C15H18ClN3O7. The van der Waals surface area contributed by atoms with Gasteiger partial charge >= 0.3 is 17.8 Å². The van der Waals surface area contributed by atoms with E-state index in [9.17, 15) is 14.4 Å². The van der Waals surface area contributed by atoms with E-state index in [-0.39, 0.29) is 18.8 Å². The van der Waals surface area contributed by atoms with Crippen molar-refractivity contribution in [1.29, 1.82) is 0 Å². The van der Waals surface area contributed by atoms with Gasteiger partial charge in [-0.05, 0) is 6.08 Å². The molecule has 0 radical (unpaired) electrons. The maximum Gasteiger partial charge on any atom is 0.508 e. The summed E-state index contributed by atoms with van der Waals surface area (Å²) in [7, 11) is 1.17. The van der Waals surface area contributed by atoms with E-state index < -0.39 is 36.3 Å². The first kappa shape index (κ1) is 19.7. The van der Waals surface area contributed by atoms with Crippen molar-refractivity contribution >= 4 is 35.6 Å². The van der Waals surface area contributed by atoms with Gasteiger partial charge in [0.05, 0.1) is 13.2 Å². The van der Waals surface area contributed by atoms with Crippen LogP contribution in [-0.4, -0.2) is 47.6 Å². The minimum Gasteiger partial charge on any atom is -0.458 e. The van der Waals surface area contributed by atoms with Crippen molar-refractivity contribution in [3.8, 4) is 0 Å². The number of carbonyl (C=O) groups excluding carboxylic acids is 2. The number of aromatic nitrogens is 2. The standard InChI is InChI=1S/C15H18ClN3O7/c1-8(20)25-11-5-10(7-24-15(22)23-2)26-13(11)19-6-9(3-4-16)12(17)18-14(19)21/h3-4,6,10-11,13H,5,7H2,1-2H3,(H2,17,18,21)/t10-,11+,13+/m0/s1. The summed E-state index contributed by atoms with van der Waals surface area (Å²) in [6.07, 6.45) is -0.176. The van der Waals surface area contributed by atoms with E-state index in [2.05, 4.69) is 9.72 Å². The molecule has 0 spiro atoms. The molecule has 142 valence electrons. The third-order valence-electron chi connectivity index (χ3n) is 3.54. The molecule has 3 atom stereocenters. The third-order valence-corrected chi connectivity index (χ3v) is 3.67. The fourth-order valence-corrected chi connectivity index (χ4v) is 2.62. The largest absolute Gasteiger partial charge is 0.508 e. The Balaban J connectivity index is 2.29. The summed E-state index contributed by atoms with van der Waals surface area (Å²) in [5.41, 5.74) is 6.60. The normalized spacial score (nSPS) is 22.3. The van der Waals surface area contributed by atoms with Gasteiger partial charge in [0.25, 0.3) is 0 Å². The molecule has 1 aromatic heterocycles. The summed E-state index contributed by atoms with van der Waals surface area (Å²) in [6, 6.07) is 0. The molecule has 0 saturated carbocycles. The predicted molar refractivity (Wildman–Crippen MR) is 90.2 cm³/mol. The molecular weight excluding hydrogens is 370 g/mol. The van der Waals surface area contributed by atoms with E-state index in [0.29, 0.717) is 5.56 Å². The highest BCUT2D eigenvalue weighted by Gasteiger charge is 2.40. The van der Waals surface area contributed by atoms with Crippen LogP contribution in [0.1, 0.15) is 25.1 Å². The van der Waals surface area contributed by atoms with E-state index in [1.165, 1.54) is 31.8 Å². The molecule has 0 unspecified atom stereocenters. The van der Waals surface area contributed by atoms with Crippen molar-refractivity contribution in [2.45, 2.75) is 31.8 Å². The molecule has 1 aliphatic heterocycles. The second-order valence-corrected chi connectivity index (χ2v) is 5.61. The van der Waals surface area contributed by atoms with Crippen LogP contribution in [0.3, 0.4) is 0 Å². The maximum absolute atomic E-state index is 12.2. The summed E-state index contributed by atoms with van der Waals surface area (Å²) in [6.45, 7) is 1.10. The molecule has 1 saturated heterocycles. The van der Waals surface area contributed by atoms with Gasteiger partial charge in [-0.15, -0.1) is 0 Å². The molecule has 0 bridgehead atoms. The smallest absolute Gasteiger partial charge is 0.458 e. The van der Waals surface area contributed by atoms with Gasteiger partial charge in [-0.3, -0.25) is 9.36 Å². The Hall–Kier alpha value is -2.59. The molecule has 2 N–H and O–H groups in total. The first-order chi connectivity index (χ1) is 12.3. The molecule has 10 nitrogen and oxygen atoms in total. The summed E-state index contributed by atoms with van der Waals surface area (Å²) in [5, 5.41) is 0. The molecule has 0 aliphatic carbocycles. The number of halogens is 1. The van der Waals surface area contributed by atoms with Gasteiger partial charge < -0.3 is 24.7 Å². The average molecular weight is 388 g/mol. The minimum absolute atomic E-state index is 0.00393. The Morgan fingerprint density at radius 3 is 2.88 bits per heavy atom. The van der Waals surface area contributed by atoms with Crippen LogP contribution in [-0.2, 0) is 23.7 Å². The minimum atomic E-state index is -0.965. The number of esters is 1. The van der Waals surface area contributed by atoms with Gasteiger partial charge in [-0.25, -0.2) is 9.59 Å². The second-order valence-electron chi connectivity index (χ2n) is 5.36. The first-order valence-corrected chi connectivity index (χ1v) is 7.98. The quantitative estimate of drug-likeness (QED) is 0.735. The predicted octanol–water partition coefficient (Wildman–Crippen LogP) is 1.04. The van der Waals surface area contributed by atoms with E-state index in [0.717, 1.165) is 4.57 Å². The van der Waals surface area contributed by atoms with E-state index in [4.69, 9.17) is 31.5 Å². The van der Waals surface area contributed by atoms with Crippen molar-refractivity contribution in [2.75, 3.05) is 19.5 Å². The Bertz CT molecular complexity index is 764. The van der Waals surface area contributed by atoms with Crippen LogP contribution in [0, 0.1) is 0 Å². The van der Waals surface area contributed by atoms with Gasteiger partial charge in [0.15, 0.2) is 6.23 Å². The fourth-order valence-electron chi connectivity index (χ4n) is 2.48. The van der Waals surface area contributed by atoms with Gasteiger partial charge in [0, 0.05) is 30.6 Å². The van der Waals surface area contributed by atoms with Crippen LogP contribution >= 0.6 is 11.6 Å². The number of hydrogen-bond acceptors (Lipinski definition) is 9. The van der Waals surface area contributed by atoms with Crippen LogP contribution < -0.4 is 11.4 Å². The molecule has 26 heavy (non-hydrogen) atoms. The number of hydrogen-bond donors (Lipinski definition) is 1. The summed E-state index contributed by atoms with van der Waals surface area (Å²) < 4.78 is 21.3. The van der Waals surface area contributed by atoms with Gasteiger partial charge in [0.2, 0.25) is 0 Å². The molecule has 1 fully saturated rings. The highest BCUT2D eigenvalue weighted by molar-refractivity contribution is 6.27. The van der Waals surface area contributed by atoms with E-state index in [1.54, 1.807) is 0 Å². The zero-order chi connectivity index (χ0) is 19.3. The second kappa shape index (κ2) is 8.68. The number of nitrogen functional groups attached to an aromatic ring is 1. The Morgan fingerprint density at radius 2 is 2.27 bits per heavy atom. The van der Waals surface area contributed by atoms with Crippen LogP contribution in [0.5, 0.6) is 0 Å². The van der Waals surface area contributed by atoms with Crippen LogP contribution in [0.25, 0.3) is 6.08 Å². The number of methoxy groups -OCH3 is 1. The topological polar surface area (TPSA) is 132 Å². The third kappa shape index (κ3) is 4.73. The highest BCUT2D eigenvalue weighted by Crippen LogP contribution is 2.31.